The van der Waals surface area contributed by atoms with Gasteiger partial charge in [-0.25, -0.2) is 9.59 Å². The van der Waals surface area contributed by atoms with Gasteiger partial charge in [0.05, 0.1) is 13.7 Å². The lowest BCUT2D eigenvalue weighted by atomic mass is 10.3. The maximum Gasteiger partial charge on any atom is 0.490 e. The number of hydrogen-bond acceptors (Lipinski definition) is 7. The number of nitrogens with one attached hydrogen (secondary N) is 1. The average Bonchev–Trinajstić information content (AvgIpc) is 3.03. The number of hydrogen-bond donors (Lipinski definition) is 2. The van der Waals surface area contributed by atoms with Crippen LogP contribution in [-0.4, -0.2) is 69.6 Å². The Bertz CT molecular complexity index is 1090. The van der Waals surface area contributed by atoms with E-state index >= 15 is 0 Å². The second kappa shape index (κ2) is 10.7. The fraction of sp³-hybridized carbons (Fsp3) is 0.474. The third-order valence-electron chi connectivity index (χ3n) is 4.38. The van der Waals surface area contributed by atoms with Gasteiger partial charge in [-0.1, -0.05) is 12.0 Å². The lowest BCUT2D eigenvalue weighted by Gasteiger charge is -2.29. The van der Waals surface area contributed by atoms with Crippen LogP contribution in [-0.2, 0) is 17.9 Å². The topological polar surface area (TPSA) is 115 Å². The summed E-state index contributed by atoms with van der Waals surface area (Å²) in [5, 5.41) is 10.4. The summed E-state index contributed by atoms with van der Waals surface area (Å²) >= 11 is 0. The number of nitrogens with zero attached hydrogens (tertiary/aromatic N) is 5. The van der Waals surface area contributed by atoms with Crippen molar-refractivity contribution in [3.8, 4) is 17.9 Å². The van der Waals surface area contributed by atoms with Crippen molar-refractivity contribution in [2.45, 2.75) is 26.2 Å². The quantitative estimate of drug-likeness (QED) is 0.503. The molecule has 0 saturated carbocycles. The molecule has 174 valence electrons. The highest BCUT2D eigenvalue weighted by Crippen LogP contribution is 2.26. The Hall–Kier alpha value is -3.53. The van der Waals surface area contributed by atoms with Crippen molar-refractivity contribution in [3.05, 3.63) is 23.1 Å². The number of carbonyl (C=O) groups is 1. The van der Waals surface area contributed by atoms with Crippen LogP contribution < -0.4 is 20.6 Å². The highest BCUT2D eigenvalue weighted by molar-refractivity contribution is 5.85. The number of piperazine rings is 1. The first-order valence-corrected chi connectivity index (χ1v) is 9.47. The zero-order chi connectivity index (χ0) is 23.9. The Balaban J connectivity index is 0.000000451. The van der Waals surface area contributed by atoms with E-state index in [1.54, 1.807) is 22.1 Å². The van der Waals surface area contributed by atoms with E-state index in [0.29, 0.717) is 30.1 Å². The van der Waals surface area contributed by atoms with Crippen LogP contribution in [0, 0.1) is 11.8 Å². The Morgan fingerprint density at radius 1 is 1.31 bits per heavy atom. The molecule has 0 amide bonds. The van der Waals surface area contributed by atoms with Crippen LogP contribution in [0.4, 0.5) is 19.0 Å². The second-order valence-corrected chi connectivity index (χ2v) is 6.44. The van der Waals surface area contributed by atoms with Crippen LogP contribution in [0.15, 0.2) is 17.4 Å². The summed E-state index contributed by atoms with van der Waals surface area (Å²) in [6.45, 7) is 9.48. The van der Waals surface area contributed by atoms with Crippen molar-refractivity contribution in [3.63, 3.8) is 0 Å². The maximum atomic E-state index is 12.9. The lowest BCUT2D eigenvalue weighted by molar-refractivity contribution is -0.192. The smallest absolute Gasteiger partial charge is 0.475 e. The molecule has 2 aromatic heterocycles. The second-order valence-electron chi connectivity index (χ2n) is 6.44. The summed E-state index contributed by atoms with van der Waals surface area (Å²) in [6.07, 6.45) is -3.41. The molecule has 32 heavy (non-hydrogen) atoms. The number of rotatable bonds is 5. The van der Waals surface area contributed by atoms with Crippen molar-refractivity contribution in [2.24, 2.45) is 0 Å². The highest BCUT2D eigenvalue weighted by atomic mass is 19.4. The molecule has 0 unspecified atom stereocenters. The molecule has 0 aliphatic carbocycles. The number of halogens is 3. The van der Waals surface area contributed by atoms with Gasteiger partial charge in [0, 0.05) is 32.7 Å². The van der Waals surface area contributed by atoms with Crippen LogP contribution >= 0.6 is 0 Å². The van der Waals surface area contributed by atoms with Gasteiger partial charge in [0.2, 0.25) is 0 Å². The van der Waals surface area contributed by atoms with Crippen molar-refractivity contribution in [1.82, 2.24) is 24.4 Å². The molecule has 2 N–H and O–H groups in total. The molecule has 0 bridgehead atoms. The molecule has 1 aliphatic rings. The zero-order valence-corrected chi connectivity index (χ0v) is 17.6. The molecule has 13 heteroatoms. The minimum absolute atomic E-state index is 0.170. The molecule has 0 aromatic carbocycles. The number of carboxylic acids is 1. The summed E-state index contributed by atoms with van der Waals surface area (Å²) in [6, 6.07) is 0.248. The number of aromatic nitrogens is 4. The first-order chi connectivity index (χ1) is 15.1. The monoisotopic (exact) mass is 456 g/mol. The first-order valence-electron chi connectivity index (χ1n) is 9.47. The molecule has 10 nitrogen and oxygen atoms in total. The van der Waals surface area contributed by atoms with Crippen LogP contribution in [0.25, 0.3) is 11.2 Å². The lowest BCUT2D eigenvalue weighted by Crippen LogP contribution is -2.44. The third kappa shape index (κ3) is 5.58. The van der Waals surface area contributed by atoms with Gasteiger partial charge < -0.3 is 20.1 Å². The Morgan fingerprint density at radius 2 is 1.94 bits per heavy atom. The molecule has 1 aliphatic heterocycles. The SMILES string of the molecule is C=CCn1c(=O)n(CC#CC)c2c(N3CCNCC3)nc(OC)nc21.O=C(O)C(F)(F)F. The molecule has 2 aromatic rings. The number of anilines is 1. The fourth-order valence-electron chi connectivity index (χ4n) is 2.96. The Labute approximate surface area is 181 Å². The summed E-state index contributed by atoms with van der Waals surface area (Å²) in [5.74, 6) is 3.76. The van der Waals surface area contributed by atoms with Crippen LogP contribution in [0.2, 0.25) is 0 Å². The van der Waals surface area contributed by atoms with Crippen molar-refractivity contribution < 1.29 is 27.8 Å². The Morgan fingerprint density at radius 3 is 2.44 bits per heavy atom. The summed E-state index contributed by atoms with van der Waals surface area (Å²) in [5.41, 5.74) is 1.07. The number of allylic oxidation sites excluding steroid dienone is 1. The largest absolute Gasteiger partial charge is 0.490 e. The normalized spacial score (nSPS) is 13.6. The predicted molar refractivity (Wildman–Crippen MR) is 111 cm³/mol. The molecule has 1 fully saturated rings. The van der Waals surface area contributed by atoms with Crippen LogP contribution in [0.3, 0.4) is 0 Å². The van der Waals surface area contributed by atoms with Gasteiger partial charge in [-0.05, 0) is 6.92 Å². The number of fused-ring (bicyclic) bond motifs is 1. The molecule has 0 radical (unpaired) electrons. The number of aliphatic carboxylic acids is 1. The number of imidazole rings is 1. The molecule has 0 spiro atoms. The summed E-state index contributed by atoms with van der Waals surface area (Å²) < 4.78 is 40.2. The van der Waals surface area contributed by atoms with E-state index in [9.17, 15) is 18.0 Å². The van der Waals surface area contributed by atoms with Gasteiger partial charge in [0.25, 0.3) is 0 Å². The van der Waals surface area contributed by atoms with E-state index in [1.165, 1.54) is 7.11 Å². The van der Waals surface area contributed by atoms with E-state index in [1.807, 2.05) is 0 Å². The van der Waals surface area contributed by atoms with Gasteiger partial charge in [0.15, 0.2) is 11.5 Å². The van der Waals surface area contributed by atoms with Gasteiger partial charge in [-0.2, -0.15) is 23.1 Å². The standard InChI is InChI=1S/C17H22N6O2.C2HF3O2/c1-4-6-10-22-13-14(21-11-7-18-8-12-21)19-16(25-3)20-15(13)23(9-5-2)17(22)24;3-2(4,5)1(6)7/h5,18H,2,7-12H2,1,3H3;(H,6,7). The van der Waals surface area contributed by atoms with E-state index in [4.69, 9.17) is 14.6 Å². The minimum Gasteiger partial charge on any atom is -0.475 e. The van der Waals surface area contributed by atoms with E-state index in [2.05, 4.69) is 38.6 Å². The number of methoxy groups -OCH3 is 1. The van der Waals surface area contributed by atoms with Gasteiger partial charge in [-0.15, -0.1) is 12.5 Å². The Kier molecular flexibility index (Phi) is 8.25. The summed E-state index contributed by atoms with van der Waals surface area (Å²) in [4.78, 5) is 32.9. The maximum absolute atomic E-state index is 12.9. The van der Waals surface area contributed by atoms with Crippen molar-refractivity contribution in [2.75, 3.05) is 38.2 Å². The van der Waals surface area contributed by atoms with Crippen molar-refractivity contribution in [1.29, 1.82) is 0 Å². The fourth-order valence-corrected chi connectivity index (χ4v) is 2.96. The molecule has 1 saturated heterocycles. The third-order valence-corrected chi connectivity index (χ3v) is 4.38. The molecular weight excluding hydrogens is 433 g/mol. The van der Waals surface area contributed by atoms with Gasteiger partial charge in [0.1, 0.15) is 5.52 Å². The molecule has 3 rings (SSSR count). The van der Waals surface area contributed by atoms with Crippen molar-refractivity contribution >= 4 is 23.0 Å². The number of carboxylic acid groups (broad SMARTS) is 1. The molecular formula is C19H23F3N6O4. The van der Waals surface area contributed by atoms with Crippen LogP contribution in [0.1, 0.15) is 6.92 Å². The minimum atomic E-state index is -5.08. The first kappa shape index (κ1) is 24.7. The molecule has 3 heterocycles. The highest BCUT2D eigenvalue weighted by Gasteiger charge is 2.38. The average molecular weight is 456 g/mol. The predicted octanol–water partition coefficient (Wildman–Crippen LogP) is 0.854. The number of alkyl halides is 3. The molecule has 0 atom stereocenters. The van der Waals surface area contributed by atoms with E-state index in [-0.39, 0.29) is 11.7 Å². The number of ether oxygens (including phenoxy) is 1. The van der Waals surface area contributed by atoms with Crippen LogP contribution in [0.5, 0.6) is 6.01 Å². The van der Waals surface area contributed by atoms with Gasteiger partial charge >= 0.3 is 23.8 Å². The summed E-state index contributed by atoms with van der Waals surface area (Å²) in [7, 11) is 1.53. The van der Waals surface area contributed by atoms with E-state index < -0.39 is 12.1 Å². The zero-order valence-electron chi connectivity index (χ0n) is 17.6. The van der Waals surface area contributed by atoms with Gasteiger partial charge in [-0.3, -0.25) is 9.13 Å². The van der Waals surface area contributed by atoms with E-state index in [0.717, 1.165) is 26.2 Å².